The molecule has 0 radical (unpaired) electrons. The molecule has 1 aromatic rings. The van der Waals surface area contributed by atoms with Crippen molar-refractivity contribution in [2.24, 2.45) is 0 Å². The SMILES string of the molecule is CCC(=O)NCC(CS(=O)(=O)O)c1ccc(Cl)cc1. The number of hydrogen-bond acceptors (Lipinski definition) is 3. The standard InChI is InChI=1S/C12H16ClNO4S/c1-2-12(15)14-7-10(8-19(16,17)18)9-3-5-11(13)6-4-9/h3-6,10H,2,7-8H2,1H3,(H,14,15)(H,16,17,18). The summed E-state index contributed by atoms with van der Waals surface area (Å²) < 4.78 is 31.0. The molecule has 0 spiro atoms. The van der Waals surface area contributed by atoms with Crippen molar-refractivity contribution in [3.05, 3.63) is 34.9 Å². The van der Waals surface area contributed by atoms with E-state index in [0.717, 1.165) is 0 Å². The molecule has 1 unspecified atom stereocenters. The van der Waals surface area contributed by atoms with Crippen molar-refractivity contribution in [2.45, 2.75) is 19.3 Å². The highest BCUT2D eigenvalue weighted by molar-refractivity contribution is 7.85. The molecule has 1 rings (SSSR count). The normalized spacial score (nSPS) is 13.0. The number of carbonyl (C=O) groups is 1. The highest BCUT2D eigenvalue weighted by Gasteiger charge is 2.19. The van der Waals surface area contributed by atoms with Gasteiger partial charge in [0.1, 0.15) is 0 Å². The van der Waals surface area contributed by atoms with Crippen LogP contribution in [0.1, 0.15) is 24.8 Å². The lowest BCUT2D eigenvalue weighted by molar-refractivity contribution is -0.120. The van der Waals surface area contributed by atoms with Crippen LogP contribution >= 0.6 is 11.6 Å². The third-order valence-corrected chi connectivity index (χ3v) is 3.70. The molecule has 0 aliphatic heterocycles. The molecule has 1 aromatic carbocycles. The van der Waals surface area contributed by atoms with Gasteiger partial charge in [0.2, 0.25) is 5.91 Å². The molecule has 1 amide bonds. The highest BCUT2D eigenvalue weighted by Crippen LogP contribution is 2.19. The molecule has 0 heterocycles. The van der Waals surface area contributed by atoms with Gasteiger partial charge in [-0.15, -0.1) is 0 Å². The van der Waals surface area contributed by atoms with Crippen LogP contribution in [0.3, 0.4) is 0 Å². The van der Waals surface area contributed by atoms with Gasteiger partial charge in [0, 0.05) is 23.9 Å². The van der Waals surface area contributed by atoms with Crippen LogP contribution in [0, 0.1) is 0 Å². The van der Waals surface area contributed by atoms with E-state index in [9.17, 15) is 13.2 Å². The Hall–Kier alpha value is -1.11. The van der Waals surface area contributed by atoms with E-state index in [2.05, 4.69) is 5.32 Å². The van der Waals surface area contributed by atoms with Crippen molar-refractivity contribution in [1.29, 1.82) is 0 Å². The zero-order valence-corrected chi connectivity index (χ0v) is 12.0. The zero-order chi connectivity index (χ0) is 14.5. The maximum Gasteiger partial charge on any atom is 0.265 e. The van der Waals surface area contributed by atoms with Gasteiger partial charge in [-0.25, -0.2) is 0 Å². The van der Waals surface area contributed by atoms with E-state index in [1.807, 2.05) is 0 Å². The fourth-order valence-corrected chi connectivity index (χ4v) is 2.57. The van der Waals surface area contributed by atoms with Crippen molar-refractivity contribution in [2.75, 3.05) is 12.3 Å². The molecule has 5 nitrogen and oxygen atoms in total. The summed E-state index contributed by atoms with van der Waals surface area (Å²) in [6.07, 6.45) is 0.319. The van der Waals surface area contributed by atoms with Crippen LogP contribution in [0.4, 0.5) is 0 Å². The van der Waals surface area contributed by atoms with E-state index in [-0.39, 0.29) is 12.5 Å². The number of rotatable bonds is 6. The maximum absolute atomic E-state index is 11.2. The molecular formula is C12H16ClNO4S. The van der Waals surface area contributed by atoms with Gasteiger partial charge in [-0.05, 0) is 17.7 Å². The van der Waals surface area contributed by atoms with E-state index in [1.54, 1.807) is 31.2 Å². The Labute approximate surface area is 117 Å². The molecule has 0 aromatic heterocycles. The Morgan fingerprint density at radius 2 is 1.95 bits per heavy atom. The maximum atomic E-state index is 11.2. The minimum absolute atomic E-state index is 0.147. The molecule has 19 heavy (non-hydrogen) atoms. The number of hydrogen-bond donors (Lipinski definition) is 2. The lowest BCUT2D eigenvalue weighted by Gasteiger charge is -2.16. The largest absolute Gasteiger partial charge is 0.355 e. The van der Waals surface area contributed by atoms with Crippen molar-refractivity contribution in [3.8, 4) is 0 Å². The Bertz CT molecular complexity index is 527. The van der Waals surface area contributed by atoms with Crippen LogP contribution in [0.2, 0.25) is 5.02 Å². The number of halogens is 1. The van der Waals surface area contributed by atoms with Crippen LogP contribution in [0.15, 0.2) is 24.3 Å². The Kier molecular flexibility index (Phi) is 5.78. The first-order valence-electron chi connectivity index (χ1n) is 5.79. The topological polar surface area (TPSA) is 83.5 Å². The molecule has 1 atom stereocenters. The second-order valence-electron chi connectivity index (χ2n) is 4.15. The summed E-state index contributed by atoms with van der Waals surface area (Å²) in [5.74, 6) is -1.13. The van der Waals surface area contributed by atoms with Crippen molar-refractivity contribution < 1.29 is 17.8 Å². The molecule has 0 aliphatic carbocycles. The second kappa shape index (κ2) is 6.88. The molecule has 7 heteroatoms. The lowest BCUT2D eigenvalue weighted by atomic mass is 10.0. The average Bonchev–Trinajstić information content (AvgIpc) is 2.33. The van der Waals surface area contributed by atoms with Gasteiger partial charge in [0.05, 0.1) is 5.75 Å². The predicted molar refractivity (Wildman–Crippen MR) is 73.9 cm³/mol. The van der Waals surface area contributed by atoms with Crippen LogP contribution < -0.4 is 5.32 Å². The Morgan fingerprint density at radius 3 is 2.42 bits per heavy atom. The van der Waals surface area contributed by atoms with Crippen LogP contribution in [0.25, 0.3) is 0 Å². The molecule has 0 bridgehead atoms. The van der Waals surface area contributed by atoms with E-state index in [4.69, 9.17) is 16.2 Å². The number of nitrogens with one attached hydrogen (secondary N) is 1. The van der Waals surface area contributed by atoms with Gasteiger partial charge in [-0.3, -0.25) is 9.35 Å². The van der Waals surface area contributed by atoms with Crippen molar-refractivity contribution in [3.63, 3.8) is 0 Å². The Balaban J connectivity index is 2.85. The van der Waals surface area contributed by atoms with E-state index < -0.39 is 21.8 Å². The predicted octanol–water partition coefficient (Wildman–Crippen LogP) is 1.84. The highest BCUT2D eigenvalue weighted by atomic mass is 35.5. The number of benzene rings is 1. The first-order valence-corrected chi connectivity index (χ1v) is 7.78. The van der Waals surface area contributed by atoms with Gasteiger partial charge in [-0.1, -0.05) is 30.7 Å². The first-order chi connectivity index (χ1) is 8.81. The van der Waals surface area contributed by atoms with Crippen molar-refractivity contribution >= 4 is 27.6 Å². The van der Waals surface area contributed by atoms with Gasteiger partial charge in [-0.2, -0.15) is 8.42 Å². The minimum Gasteiger partial charge on any atom is -0.355 e. The number of amides is 1. The summed E-state index contributed by atoms with van der Waals surface area (Å²) in [7, 11) is -4.12. The van der Waals surface area contributed by atoms with Crippen LogP contribution in [-0.4, -0.2) is 31.2 Å². The second-order valence-corrected chi connectivity index (χ2v) is 6.09. The summed E-state index contributed by atoms with van der Waals surface area (Å²) >= 11 is 5.76. The fourth-order valence-electron chi connectivity index (χ4n) is 1.62. The van der Waals surface area contributed by atoms with Crippen molar-refractivity contribution in [1.82, 2.24) is 5.32 Å². The van der Waals surface area contributed by atoms with Crippen LogP contribution in [0.5, 0.6) is 0 Å². The van der Waals surface area contributed by atoms with Gasteiger partial charge in [0.15, 0.2) is 0 Å². The average molecular weight is 306 g/mol. The molecular weight excluding hydrogens is 290 g/mol. The summed E-state index contributed by atoms with van der Waals surface area (Å²) in [6.45, 7) is 1.85. The molecule has 0 saturated heterocycles. The smallest absolute Gasteiger partial charge is 0.265 e. The Morgan fingerprint density at radius 1 is 1.37 bits per heavy atom. The minimum atomic E-state index is -4.12. The van der Waals surface area contributed by atoms with Crippen LogP contribution in [-0.2, 0) is 14.9 Å². The van der Waals surface area contributed by atoms with Gasteiger partial charge >= 0.3 is 0 Å². The third-order valence-electron chi connectivity index (χ3n) is 2.62. The fraction of sp³-hybridized carbons (Fsp3) is 0.417. The lowest BCUT2D eigenvalue weighted by Crippen LogP contribution is -2.30. The zero-order valence-electron chi connectivity index (χ0n) is 10.5. The summed E-state index contributed by atoms with van der Waals surface area (Å²) in [6, 6.07) is 6.62. The van der Waals surface area contributed by atoms with E-state index in [0.29, 0.717) is 17.0 Å². The third kappa shape index (κ3) is 6.04. The monoisotopic (exact) mass is 305 g/mol. The molecule has 106 valence electrons. The molecule has 0 fully saturated rings. The van der Waals surface area contributed by atoms with E-state index in [1.165, 1.54) is 0 Å². The first kappa shape index (κ1) is 15.9. The summed E-state index contributed by atoms with van der Waals surface area (Å²) in [5.41, 5.74) is 0.693. The molecule has 0 saturated carbocycles. The van der Waals surface area contributed by atoms with Gasteiger partial charge in [0.25, 0.3) is 10.1 Å². The molecule has 2 N–H and O–H groups in total. The molecule has 0 aliphatic rings. The van der Waals surface area contributed by atoms with Gasteiger partial charge < -0.3 is 5.32 Å². The van der Waals surface area contributed by atoms with E-state index >= 15 is 0 Å². The summed E-state index contributed by atoms with van der Waals surface area (Å²) in [5, 5.41) is 3.15. The number of carbonyl (C=O) groups excluding carboxylic acids is 1. The summed E-state index contributed by atoms with van der Waals surface area (Å²) in [4.78, 5) is 11.2. The quantitative estimate of drug-likeness (QED) is 0.786.